The van der Waals surface area contributed by atoms with Gasteiger partial charge in [0.25, 0.3) is 0 Å². The van der Waals surface area contributed by atoms with E-state index >= 15 is 0 Å². The lowest BCUT2D eigenvalue weighted by Gasteiger charge is -2.27. The van der Waals surface area contributed by atoms with Gasteiger partial charge in [0.1, 0.15) is 0 Å². The fourth-order valence-electron chi connectivity index (χ4n) is 3.10. The Balaban J connectivity index is 1.60. The number of carbonyl (C=O) groups excluding carboxylic acids is 1. The van der Waals surface area contributed by atoms with E-state index in [9.17, 15) is 4.79 Å². The quantitative estimate of drug-likeness (QED) is 0.770. The Labute approximate surface area is 154 Å². The number of likely N-dealkylation sites (tertiary alicyclic amines) is 1. The van der Waals surface area contributed by atoms with Gasteiger partial charge in [-0.3, -0.25) is 0 Å². The molecule has 1 unspecified atom stereocenters. The highest BCUT2D eigenvalue weighted by molar-refractivity contribution is 7.98. The van der Waals surface area contributed by atoms with E-state index in [1.807, 2.05) is 35.2 Å². The van der Waals surface area contributed by atoms with Crippen LogP contribution >= 0.6 is 11.8 Å². The first-order chi connectivity index (χ1) is 12.2. The number of amides is 2. The molecule has 1 aromatic heterocycles. The van der Waals surface area contributed by atoms with E-state index in [0.29, 0.717) is 6.04 Å². The van der Waals surface area contributed by atoms with Gasteiger partial charge < -0.3 is 10.2 Å². The molecule has 0 bridgehead atoms. The highest BCUT2D eigenvalue weighted by Gasteiger charge is 2.21. The van der Waals surface area contributed by atoms with Gasteiger partial charge in [0.15, 0.2) is 0 Å². The first-order valence-electron chi connectivity index (χ1n) is 8.93. The molecule has 25 heavy (non-hydrogen) atoms. The Hall–Kier alpha value is -2.01. The summed E-state index contributed by atoms with van der Waals surface area (Å²) in [4.78, 5) is 18.9. The molecule has 0 radical (unpaired) electrons. The van der Waals surface area contributed by atoms with Gasteiger partial charge in [-0.25, -0.2) is 9.78 Å². The molecular formula is C20H25N3OS. The smallest absolute Gasteiger partial charge is 0.322 e. The van der Waals surface area contributed by atoms with E-state index in [2.05, 4.69) is 29.4 Å². The molecule has 0 aliphatic carbocycles. The SMILES string of the molecule is CC1CCCCCN1C(=O)Nc1cccc(CSc2ccccn2)c1. The van der Waals surface area contributed by atoms with Crippen molar-refractivity contribution in [1.29, 1.82) is 0 Å². The zero-order valence-corrected chi connectivity index (χ0v) is 15.5. The molecule has 0 saturated carbocycles. The summed E-state index contributed by atoms with van der Waals surface area (Å²) in [5, 5.41) is 4.08. The van der Waals surface area contributed by atoms with Crippen LogP contribution in [0.5, 0.6) is 0 Å². The average Bonchev–Trinajstić information content (AvgIpc) is 2.85. The second-order valence-electron chi connectivity index (χ2n) is 6.48. The van der Waals surface area contributed by atoms with Crippen LogP contribution in [0.4, 0.5) is 10.5 Å². The van der Waals surface area contributed by atoms with Gasteiger partial charge in [-0.05, 0) is 49.6 Å². The van der Waals surface area contributed by atoms with Gasteiger partial charge in [0, 0.05) is 30.2 Å². The van der Waals surface area contributed by atoms with Gasteiger partial charge in [-0.15, -0.1) is 11.8 Å². The summed E-state index contributed by atoms with van der Waals surface area (Å²) in [5.41, 5.74) is 2.04. The van der Waals surface area contributed by atoms with Crippen molar-refractivity contribution in [3.8, 4) is 0 Å². The zero-order valence-electron chi connectivity index (χ0n) is 14.6. The number of thioether (sulfide) groups is 1. The van der Waals surface area contributed by atoms with Crippen LogP contribution in [-0.2, 0) is 5.75 Å². The lowest BCUT2D eigenvalue weighted by atomic mass is 10.1. The van der Waals surface area contributed by atoms with Gasteiger partial charge >= 0.3 is 6.03 Å². The number of rotatable bonds is 4. The lowest BCUT2D eigenvalue weighted by molar-refractivity contribution is 0.194. The molecule has 2 aromatic rings. The maximum Gasteiger partial charge on any atom is 0.322 e. The van der Waals surface area contributed by atoms with Crippen molar-refractivity contribution in [2.24, 2.45) is 0 Å². The average molecular weight is 356 g/mol. The van der Waals surface area contributed by atoms with Crippen LogP contribution in [0.25, 0.3) is 0 Å². The fraction of sp³-hybridized carbons (Fsp3) is 0.400. The number of anilines is 1. The Bertz CT molecular complexity index is 692. The third-order valence-electron chi connectivity index (χ3n) is 4.52. The maximum absolute atomic E-state index is 12.6. The standard InChI is InChI=1S/C20H25N3OS/c1-16-8-3-2-6-13-23(16)20(24)22-18-10-7-9-17(14-18)15-25-19-11-4-5-12-21-19/h4-5,7,9-12,14,16H,2-3,6,8,13,15H2,1H3,(H,22,24). The molecule has 3 rings (SSSR count). The lowest BCUT2D eigenvalue weighted by Crippen LogP contribution is -2.41. The molecule has 2 amide bonds. The molecule has 5 heteroatoms. The first-order valence-corrected chi connectivity index (χ1v) is 9.91. The number of pyridine rings is 1. The largest absolute Gasteiger partial charge is 0.322 e. The summed E-state index contributed by atoms with van der Waals surface area (Å²) in [7, 11) is 0. The van der Waals surface area contributed by atoms with Crippen LogP contribution in [0.1, 0.15) is 38.2 Å². The van der Waals surface area contributed by atoms with Gasteiger partial charge in [-0.1, -0.05) is 31.0 Å². The minimum Gasteiger partial charge on any atom is -0.322 e. The second kappa shape index (κ2) is 8.90. The molecule has 1 aliphatic rings. The Morgan fingerprint density at radius 2 is 2.16 bits per heavy atom. The Morgan fingerprint density at radius 3 is 3.00 bits per heavy atom. The van der Waals surface area contributed by atoms with Crippen LogP contribution in [-0.4, -0.2) is 28.5 Å². The summed E-state index contributed by atoms with van der Waals surface area (Å²) < 4.78 is 0. The van der Waals surface area contributed by atoms with Crippen molar-refractivity contribution in [3.05, 3.63) is 54.2 Å². The summed E-state index contributed by atoms with van der Waals surface area (Å²) in [6.45, 7) is 2.99. The number of nitrogens with one attached hydrogen (secondary N) is 1. The topological polar surface area (TPSA) is 45.2 Å². The molecule has 4 nitrogen and oxygen atoms in total. The predicted octanol–water partition coefficient (Wildman–Crippen LogP) is 5.17. The van der Waals surface area contributed by atoms with E-state index in [0.717, 1.165) is 35.9 Å². The van der Waals surface area contributed by atoms with Crippen molar-refractivity contribution >= 4 is 23.5 Å². The third-order valence-corrected chi connectivity index (χ3v) is 5.53. The number of aromatic nitrogens is 1. The molecule has 1 saturated heterocycles. The minimum absolute atomic E-state index is 0.0175. The van der Waals surface area contributed by atoms with Crippen LogP contribution in [0.3, 0.4) is 0 Å². The maximum atomic E-state index is 12.6. The van der Waals surface area contributed by atoms with E-state index in [1.54, 1.807) is 18.0 Å². The fourth-order valence-corrected chi connectivity index (χ4v) is 3.90. The van der Waals surface area contributed by atoms with Crippen molar-refractivity contribution < 1.29 is 4.79 Å². The molecule has 1 N–H and O–H groups in total. The molecular weight excluding hydrogens is 330 g/mol. The third kappa shape index (κ3) is 5.23. The first kappa shape index (κ1) is 17.8. The number of hydrogen-bond donors (Lipinski definition) is 1. The van der Waals surface area contributed by atoms with E-state index in [4.69, 9.17) is 0 Å². The summed E-state index contributed by atoms with van der Waals surface area (Å²) in [5.74, 6) is 0.834. The van der Waals surface area contributed by atoms with Crippen molar-refractivity contribution in [1.82, 2.24) is 9.88 Å². The zero-order chi connectivity index (χ0) is 17.5. The van der Waals surface area contributed by atoms with E-state index in [-0.39, 0.29) is 6.03 Å². The molecule has 132 valence electrons. The number of nitrogens with zero attached hydrogens (tertiary/aromatic N) is 2. The van der Waals surface area contributed by atoms with Crippen LogP contribution < -0.4 is 5.32 Å². The van der Waals surface area contributed by atoms with E-state index in [1.165, 1.54) is 18.4 Å². The van der Waals surface area contributed by atoms with Crippen molar-refractivity contribution in [2.45, 2.75) is 49.4 Å². The molecule has 2 heterocycles. The molecule has 0 spiro atoms. The number of hydrogen-bond acceptors (Lipinski definition) is 3. The summed E-state index contributed by atoms with van der Waals surface area (Å²) in [6.07, 6.45) is 6.42. The summed E-state index contributed by atoms with van der Waals surface area (Å²) >= 11 is 1.70. The number of benzene rings is 1. The molecule has 1 aliphatic heterocycles. The van der Waals surface area contributed by atoms with Crippen molar-refractivity contribution in [2.75, 3.05) is 11.9 Å². The highest BCUT2D eigenvalue weighted by atomic mass is 32.2. The highest BCUT2D eigenvalue weighted by Crippen LogP contribution is 2.23. The van der Waals surface area contributed by atoms with Crippen LogP contribution in [0.2, 0.25) is 0 Å². The van der Waals surface area contributed by atoms with Crippen LogP contribution in [0, 0.1) is 0 Å². The Kier molecular flexibility index (Phi) is 6.34. The molecule has 1 fully saturated rings. The summed E-state index contributed by atoms with van der Waals surface area (Å²) in [6, 6.07) is 14.3. The molecule has 1 atom stereocenters. The van der Waals surface area contributed by atoms with Crippen molar-refractivity contribution in [3.63, 3.8) is 0 Å². The monoisotopic (exact) mass is 355 g/mol. The van der Waals surface area contributed by atoms with E-state index < -0.39 is 0 Å². The Morgan fingerprint density at radius 1 is 1.24 bits per heavy atom. The number of urea groups is 1. The minimum atomic E-state index is 0.0175. The van der Waals surface area contributed by atoms with Gasteiger partial charge in [0.2, 0.25) is 0 Å². The van der Waals surface area contributed by atoms with Gasteiger partial charge in [0.05, 0.1) is 5.03 Å². The molecule has 1 aromatic carbocycles. The predicted molar refractivity (Wildman–Crippen MR) is 104 cm³/mol. The van der Waals surface area contributed by atoms with Crippen LogP contribution in [0.15, 0.2) is 53.7 Å². The number of carbonyl (C=O) groups is 1. The second-order valence-corrected chi connectivity index (χ2v) is 7.47. The van der Waals surface area contributed by atoms with Gasteiger partial charge in [-0.2, -0.15) is 0 Å². The normalized spacial score (nSPS) is 17.8.